The third-order valence-electron chi connectivity index (χ3n) is 1.61. The first-order chi connectivity index (χ1) is 5.22. The van der Waals surface area contributed by atoms with Crippen LogP contribution >= 0.6 is 15.9 Å². The van der Waals surface area contributed by atoms with Crippen molar-refractivity contribution in [2.45, 2.75) is 39.5 Å². The quantitative estimate of drug-likeness (QED) is 0.656. The molecule has 0 aliphatic carbocycles. The van der Waals surface area contributed by atoms with Gasteiger partial charge in [-0.3, -0.25) is 0 Å². The minimum absolute atomic E-state index is 0.668. The Morgan fingerprint density at radius 1 is 1.55 bits per heavy atom. The van der Waals surface area contributed by atoms with Crippen molar-refractivity contribution in [2.75, 3.05) is 0 Å². The first kappa shape index (κ1) is 10.7. The van der Waals surface area contributed by atoms with Gasteiger partial charge in [0, 0.05) is 6.42 Å². The van der Waals surface area contributed by atoms with Crippen molar-refractivity contribution in [2.24, 2.45) is 0 Å². The van der Waals surface area contributed by atoms with Gasteiger partial charge < -0.3 is 0 Å². The van der Waals surface area contributed by atoms with E-state index in [1.165, 1.54) is 10.1 Å². The molecule has 0 bridgehead atoms. The van der Waals surface area contributed by atoms with E-state index in [4.69, 9.17) is 5.26 Å². The van der Waals surface area contributed by atoms with Gasteiger partial charge in [0.05, 0.1) is 6.07 Å². The summed E-state index contributed by atoms with van der Waals surface area (Å²) in [6.45, 7) is 4.24. The van der Waals surface area contributed by atoms with E-state index in [0.29, 0.717) is 6.42 Å². The predicted molar refractivity (Wildman–Crippen MR) is 51.4 cm³/mol. The lowest BCUT2D eigenvalue weighted by Crippen LogP contribution is -1.81. The lowest BCUT2D eigenvalue weighted by atomic mass is 10.1. The molecule has 0 heterocycles. The summed E-state index contributed by atoms with van der Waals surface area (Å²) in [7, 11) is 0. The molecule has 0 aromatic carbocycles. The summed E-state index contributed by atoms with van der Waals surface area (Å²) in [6.07, 6.45) is 3.75. The zero-order valence-corrected chi connectivity index (χ0v) is 8.74. The number of unbranched alkanes of at least 4 members (excludes halogenated alkanes) is 1. The van der Waals surface area contributed by atoms with E-state index in [1.54, 1.807) is 0 Å². The Bertz CT molecular complexity index is 176. The lowest BCUT2D eigenvalue weighted by Gasteiger charge is -2.01. The summed E-state index contributed by atoms with van der Waals surface area (Å²) in [5.74, 6) is 0. The van der Waals surface area contributed by atoms with Crippen LogP contribution in [0, 0.1) is 11.3 Å². The van der Waals surface area contributed by atoms with Gasteiger partial charge in [-0.25, -0.2) is 0 Å². The van der Waals surface area contributed by atoms with E-state index < -0.39 is 0 Å². The second-order valence-corrected chi connectivity index (χ2v) is 3.51. The van der Waals surface area contributed by atoms with Gasteiger partial charge in [-0.2, -0.15) is 5.26 Å². The number of rotatable bonds is 4. The second kappa shape index (κ2) is 6.42. The van der Waals surface area contributed by atoms with Crippen LogP contribution in [0.25, 0.3) is 0 Å². The van der Waals surface area contributed by atoms with E-state index in [-0.39, 0.29) is 0 Å². The Hall–Kier alpha value is -0.290. The molecule has 2 heteroatoms. The highest BCUT2D eigenvalue weighted by Gasteiger charge is 1.95. The van der Waals surface area contributed by atoms with Gasteiger partial charge in [-0.15, -0.1) is 0 Å². The van der Waals surface area contributed by atoms with E-state index in [1.807, 2.05) is 0 Å². The van der Waals surface area contributed by atoms with E-state index in [9.17, 15) is 0 Å². The standard InChI is InChI=1S/C9H14BrN/c1-3-9(10)8(2)6-4-5-7-11/h3-6H2,1-2H3/b9-8+. The number of hydrogen-bond donors (Lipinski definition) is 0. The Kier molecular flexibility index (Phi) is 6.25. The van der Waals surface area contributed by atoms with Gasteiger partial charge >= 0.3 is 0 Å². The minimum atomic E-state index is 0.668. The fraction of sp³-hybridized carbons (Fsp3) is 0.667. The Morgan fingerprint density at radius 2 is 2.18 bits per heavy atom. The highest BCUT2D eigenvalue weighted by atomic mass is 79.9. The molecule has 0 aliphatic heterocycles. The maximum atomic E-state index is 8.30. The molecule has 0 amide bonds. The molecule has 1 nitrogen and oxygen atoms in total. The molecule has 0 saturated heterocycles. The molecule has 0 aromatic rings. The van der Waals surface area contributed by atoms with Crippen LogP contribution in [0.5, 0.6) is 0 Å². The van der Waals surface area contributed by atoms with Crippen LogP contribution in [-0.2, 0) is 0 Å². The predicted octanol–water partition coefficient (Wildman–Crippen LogP) is 3.76. The average Bonchev–Trinajstić information content (AvgIpc) is 2.03. The minimum Gasteiger partial charge on any atom is -0.198 e. The second-order valence-electron chi connectivity index (χ2n) is 2.55. The molecule has 0 unspecified atom stereocenters. The van der Waals surface area contributed by atoms with Crippen LogP contribution in [-0.4, -0.2) is 0 Å². The molecule has 0 atom stereocenters. The summed E-state index contributed by atoms with van der Waals surface area (Å²) in [4.78, 5) is 0. The molecule has 0 aliphatic rings. The average molecular weight is 216 g/mol. The van der Waals surface area contributed by atoms with Crippen molar-refractivity contribution in [3.8, 4) is 6.07 Å². The zero-order valence-electron chi connectivity index (χ0n) is 7.15. The van der Waals surface area contributed by atoms with Gasteiger partial charge in [-0.05, 0) is 30.7 Å². The molecule has 0 N–H and O–H groups in total. The smallest absolute Gasteiger partial charge is 0.0621 e. The number of nitriles is 1. The molecule has 0 aromatic heterocycles. The lowest BCUT2D eigenvalue weighted by molar-refractivity contribution is 0.832. The largest absolute Gasteiger partial charge is 0.198 e. The molecule has 0 fully saturated rings. The summed E-state index contributed by atoms with van der Waals surface area (Å²) in [6, 6.07) is 2.14. The highest BCUT2D eigenvalue weighted by Crippen LogP contribution is 2.19. The summed E-state index contributed by atoms with van der Waals surface area (Å²) >= 11 is 3.49. The van der Waals surface area contributed by atoms with Crippen LogP contribution in [0.2, 0.25) is 0 Å². The van der Waals surface area contributed by atoms with Crippen molar-refractivity contribution < 1.29 is 0 Å². The van der Waals surface area contributed by atoms with E-state index >= 15 is 0 Å². The van der Waals surface area contributed by atoms with Crippen LogP contribution in [0.4, 0.5) is 0 Å². The Morgan fingerprint density at radius 3 is 2.64 bits per heavy atom. The van der Waals surface area contributed by atoms with Gasteiger partial charge in [0.15, 0.2) is 0 Å². The van der Waals surface area contributed by atoms with Crippen molar-refractivity contribution >= 4 is 15.9 Å². The number of allylic oxidation sites excluding steroid dienone is 2. The maximum Gasteiger partial charge on any atom is 0.0621 e. The van der Waals surface area contributed by atoms with Crippen LogP contribution in [0.3, 0.4) is 0 Å². The Labute approximate surface area is 77.2 Å². The van der Waals surface area contributed by atoms with Gasteiger partial charge in [-0.1, -0.05) is 28.4 Å². The van der Waals surface area contributed by atoms with Crippen molar-refractivity contribution in [1.82, 2.24) is 0 Å². The first-order valence-corrected chi connectivity index (χ1v) is 4.72. The number of halogens is 1. The highest BCUT2D eigenvalue weighted by molar-refractivity contribution is 9.11. The molecular weight excluding hydrogens is 202 g/mol. The Balaban J connectivity index is 3.69. The van der Waals surface area contributed by atoms with Crippen LogP contribution in [0.15, 0.2) is 10.1 Å². The molecule has 0 spiro atoms. The normalized spacial score (nSPS) is 12.2. The third kappa shape index (κ3) is 5.03. The monoisotopic (exact) mass is 215 g/mol. The topological polar surface area (TPSA) is 23.8 Å². The van der Waals surface area contributed by atoms with Crippen molar-refractivity contribution in [1.29, 1.82) is 5.26 Å². The van der Waals surface area contributed by atoms with Gasteiger partial charge in [0.2, 0.25) is 0 Å². The van der Waals surface area contributed by atoms with Crippen molar-refractivity contribution in [3.05, 3.63) is 10.1 Å². The molecule has 62 valence electrons. The summed E-state index contributed by atoms with van der Waals surface area (Å²) in [5, 5.41) is 8.30. The summed E-state index contributed by atoms with van der Waals surface area (Å²) < 4.78 is 1.29. The van der Waals surface area contributed by atoms with Crippen LogP contribution in [0.1, 0.15) is 39.5 Å². The SMILES string of the molecule is CC/C(Br)=C(/C)CCCC#N. The molecule has 11 heavy (non-hydrogen) atoms. The molecular formula is C9H14BrN. The molecule has 0 saturated carbocycles. The van der Waals surface area contributed by atoms with Crippen LogP contribution < -0.4 is 0 Å². The first-order valence-electron chi connectivity index (χ1n) is 3.93. The maximum absolute atomic E-state index is 8.30. The van der Waals surface area contributed by atoms with Crippen molar-refractivity contribution in [3.63, 3.8) is 0 Å². The molecule has 0 rings (SSSR count). The fourth-order valence-electron chi connectivity index (χ4n) is 0.870. The fourth-order valence-corrected chi connectivity index (χ4v) is 1.07. The zero-order chi connectivity index (χ0) is 8.69. The van der Waals surface area contributed by atoms with Gasteiger partial charge in [0.25, 0.3) is 0 Å². The van der Waals surface area contributed by atoms with Gasteiger partial charge in [0.1, 0.15) is 0 Å². The van der Waals surface area contributed by atoms with E-state index in [0.717, 1.165) is 19.3 Å². The number of nitrogens with zero attached hydrogens (tertiary/aromatic N) is 1. The summed E-state index contributed by atoms with van der Waals surface area (Å²) in [5.41, 5.74) is 1.38. The van der Waals surface area contributed by atoms with E-state index in [2.05, 4.69) is 35.8 Å². The third-order valence-corrected chi connectivity index (χ3v) is 2.85. The molecule has 0 radical (unpaired) electrons. The number of hydrogen-bond acceptors (Lipinski definition) is 1.